The van der Waals surface area contributed by atoms with E-state index in [4.69, 9.17) is 10.5 Å². The Hall–Kier alpha value is -1.91. The maximum absolute atomic E-state index is 11.4. The smallest absolute Gasteiger partial charge is 0.319 e. The van der Waals surface area contributed by atoms with E-state index in [9.17, 15) is 4.79 Å². The Bertz CT molecular complexity index is 366. The van der Waals surface area contributed by atoms with E-state index in [0.29, 0.717) is 23.7 Å². The molecule has 16 heavy (non-hydrogen) atoms. The molecule has 0 fully saturated rings. The van der Waals surface area contributed by atoms with Gasteiger partial charge in [0.15, 0.2) is 0 Å². The summed E-state index contributed by atoms with van der Waals surface area (Å²) >= 11 is 0. The molecule has 0 aliphatic carbocycles. The SMILES string of the molecule is CCCNC(=O)Nc1ccc(N)c(OC)c1. The third-order valence-corrected chi connectivity index (χ3v) is 2.03. The van der Waals surface area contributed by atoms with Gasteiger partial charge in [0.2, 0.25) is 0 Å². The van der Waals surface area contributed by atoms with Gasteiger partial charge in [-0.05, 0) is 18.6 Å². The van der Waals surface area contributed by atoms with E-state index in [1.54, 1.807) is 18.2 Å². The van der Waals surface area contributed by atoms with E-state index in [-0.39, 0.29) is 6.03 Å². The first-order valence-corrected chi connectivity index (χ1v) is 5.15. The van der Waals surface area contributed by atoms with Crippen LogP contribution in [0.3, 0.4) is 0 Å². The Kier molecular flexibility index (Phi) is 4.44. The second-order valence-electron chi connectivity index (χ2n) is 3.34. The predicted octanol–water partition coefficient (Wildman–Crippen LogP) is 1.81. The number of nitrogens with two attached hydrogens (primary N) is 1. The number of urea groups is 1. The van der Waals surface area contributed by atoms with E-state index < -0.39 is 0 Å². The molecule has 0 aliphatic rings. The molecule has 0 spiro atoms. The summed E-state index contributed by atoms with van der Waals surface area (Å²) in [6.07, 6.45) is 0.901. The molecule has 5 heteroatoms. The highest BCUT2D eigenvalue weighted by Gasteiger charge is 2.03. The van der Waals surface area contributed by atoms with Gasteiger partial charge in [0.25, 0.3) is 0 Å². The van der Waals surface area contributed by atoms with Gasteiger partial charge in [-0.2, -0.15) is 0 Å². The van der Waals surface area contributed by atoms with Crippen molar-refractivity contribution in [3.63, 3.8) is 0 Å². The summed E-state index contributed by atoms with van der Waals surface area (Å²) in [6.45, 7) is 2.64. The number of hydrogen-bond acceptors (Lipinski definition) is 3. The minimum Gasteiger partial charge on any atom is -0.495 e. The lowest BCUT2D eigenvalue weighted by molar-refractivity contribution is 0.252. The lowest BCUT2D eigenvalue weighted by atomic mass is 10.2. The molecule has 2 amide bonds. The van der Waals surface area contributed by atoms with Crippen LogP contribution in [0, 0.1) is 0 Å². The molecule has 4 N–H and O–H groups in total. The van der Waals surface area contributed by atoms with Gasteiger partial charge in [-0.1, -0.05) is 6.92 Å². The molecule has 1 rings (SSSR count). The van der Waals surface area contributed by atoms with Gasteiger partial charge in [-0.15, -0.1) is 0 Å². The van der Waals surface area contributed by atoms with Crippen LogP contribution >= 0.6 is 0 Å². The van der Waals surface area contributed by atoms with E-state index in [0.717, 1.165) is 6.42 Å². The normalized spacial score (nSPS) is 9.62. The van der Waals surface area contributed by atoms with Crippen LogP contribution < -0.4 is 21.1 Å². The Balaban J connectivity index is 2.63. The topological polar surface area (TPSA) is 76.4 Å². The van der Waals surface area contributed by atoms with Gasteiger partial charge in [0, 0.05) is 18.3 Å². The summed E-state index contributed by atoms with van der Waals surface area (Å²) in [5.41, 5.74) is 6.85. The molecule has 0 saturated carbocycles. The number of anilines is 2. The van der Waals surface area contributed by atoms with Crippen LogP contribution in [0.1, 0.15) is 13.3 Å². The fourth-order valence-corrected chi connectivity index (χ4v) is 1.20. The largest absolute Gasteiger partial charge is 0.495 e. The summed E-state index contributed by atoms with van der Waals surface area (Å²) in [4.78, 5) is 11.4. The molecule has 88 valence electrons. The highest BCUT2D eigenvalue weighted by molar-refractivity contribution is 5.89. The molecule has 0 unspecified atom stereocenters. The van der Waals surface area contributed by atoms with Gasteiger partial charge in [0.05, 0.1) is 12.8 Å². The molecular weight excluding hydrogens is 206 g/mol. The first-order chi connectivity index (χ1) is 7.67. The van der Waals surface area contributed by atoms with Crippen LogP contribution in [0.25, 0.3) is 0 Å². The van der Waals surface area contributed by atoms with Gasteiger partial charge < -0.3 is 21.1 Å². The van der Waals surface area contributed by atoms with Crippen molar-refractivity contribution in [1.29, 1.82) is 0 Å². The van der Waals surface area contributed by atoms with Crippen LogP contribution in [0.4, 0.5) is 16.2 Å². The number of benzene rings is 1. The Morgan fingerprint density at radius 1 is 1.50 bits per heavy atom. The second-order valence-corrected chi connectivity index (χ2v) is 3.34. The van der Waals surface area contributed by atoms with Crippen molar-refractivity contribution < 1.29 is 9.53 Å². The molecule has 0 bridgehead atoms. The fraction of sp³-hybridized carbons (Fsp3) is 0.364. The van der Waals surface area contributed by atoms with E-state index in [1.165, 1.54) is 7.11 Å². The minimum atomic E-state index is -0.228. The lowest BCUT2D eigenvalue weighted by Gasteiger charge is -2.09. The molecular formula is C11H17N3O2. The molecule has 0 aromatic heterocycles. The maximum atomic E-state index is 11.4. The summed E-state index contributed by atoms with van der Waals surface area (Å²) in [6, 6.07) is 4.87. The maximum Gasteiger partial charge on any atom is 0.319 e. The fourth-order valence-electron chi connectivity index (χ4n) is 1.20. The third kappa shape index (κ3) is 3.34. The van der Waals surface area contributed by atoms with Crippen molar-refractivity contribution >= 4 is 17.4 Å². The molecule has 0 heterocycles. The summed E-state index contributed by atoms with van der Waals surface area (Å²) in [5, 5.41) is 5.40. The van der Waals surface area contributed by atoms with E-state index in [1.807, 2.05) is 6.92 Å². The van der Waals surface area contributed by atoms with Crippen LogP contribution in [0.2, 0.25) is 0 Å². The zero-order chi connectivity index (χ0) is 12.0. The number of carbonyl (C=O) groups excluding carboxylic acids is 1. The van der Waals surface area contributed by atoms with Crippen molar-refractivity contribution in [3.8, 4) is 5.75 Å². The summed E-state index contributed by atoms with van der Waals surface area (Å²) in [5.74, 6) is 0.549. The van der Waals surface area contributed by atoms with Gasteiger partial charge in [-0.3, -0.25) is 0 Å². The zero-order valence-electron chi connectivity index (χ0n) is 9.54. The molecule has 1 aromatic carbocycles. The second kappa shape index (κ2) is 5.85. The summed E-state index contributed by atoms with van der Waals surface area (Å²) < 4.78 is 5.05. The van der Waals surface area contributed by atoms with Crippen LogP contribution in [-0.2, 0) is 0 Å². The number of hydrogen-bond donors (Lipinski definition) is 3. The van der Waals surface area contributed by atoms with Crippen molar-refractivity contribution in [2.24, 2.45) is 0 Å². The number of nitrogen functional groups attached to an aromatic ring is 1. The van der Waals surface area contributed by atoms with E-state index in [2.05, 4.69) is 10.6 Å². The lowest BCUT2D eigenvalue weighted by Crippen LogP contribution is -2.29. The highest BCUT2D eigenvalue weighted by atomic mass is 16.5. The van der Waals surface area contributed by atoms with Crippen molar-refractivity contribution in [1.82, 2.24) is 5.32 Å². The van der Waals surface area contributed by atoms with Crippen LogP contribution in [0.5, 0.6) is 5.75 Å². The summed E-state index contributed by atoms with van der Waals surface area (Å²) in [7, 11) is 1.53. The number of carbonyl (C=O) groups is 1. The number of ether oxygens (including phenoxy) is 1. The van der Waals surface area contributed by atoms with E-state index >= 15 is 0 Å². The molecule has 0 atom stereocenters. The minimum absolute atomic E-state index is 0.228. The average molecular weight is 223 g/mol. The number of nitrogens with one attached hydrogen (secondary N) is 2. The van der Waals surface area contributed by atoms with Gasteiger partial charge in [0.1, 0.15) is 5.75 Å². The Morgan fingerprint density at radius 2 is 2.25 bits per heavy atom. The van der Waals surface area contributed by atoms with Crippen LogP contribution in [0.15, 0.2) is 18.2 Å². The highest BCUT2D eigenvalue weighted by Crippen LogP contribution is 2.24. The Labute approximate surface area is 95.0 Å². The number of methoxy groups -OCH3 is 1. The predicted molar refractivity (Wildman–Crippen MR) is 64.7 cm³/mol. The molecule has 0 radical (unpaired) electrons. The monoisotopic (exact) mass is 223 g/mol. The van der Waals surface area contributed by atoms with Gasteiger partial charge in [-0.25, -0.2) is 4.79 Å². The first-order valence-electron chi connectivity index (χ1n) is 5.15. The zero-order valence-corrected chi connectivity index (χ0v) is 9.54. The average Bonchev–Trinajstić information content (AvgIpc) is 2.29. The van der Waals surface area contributed by atoms with Crippen molar-refractivity contribution in [2.75, 3.05) is 24.7 Å². The van der Waals surface area contributed by atoms with Crippen LogP contribution in [-0.4, -0.2) is 19.7 Å². The molecule has 5 nitrogen and oxygen atoms in total. The Morgan fingerprint density at radius 3 is 2.88 bits per heavy atom. The molecule has 0 saturated heterocycles. The third-order valence-electron chi connectivity index (χ3n) is 2.03. The quantitative estimate of drug-likeness (QED) is 0.681. The van der Waals surface area contributed by atoms with Gasteiger partial charge >= 0.3 is 6.03 Å². The molecule has 0 aliphatic heterocycles. The number of amides is 2. The number of rotatable bonds is 4. The first kappa shape index (κ1) is 12.2. The van der Waals surface area contributed by atoms with Crippen molar-refractivity contribution in [2.45, 2.75) is 13.3 Å². The van der Waals surface area contributed by atoms with Crippen molar-refractivity contribution in [3.05, 3.63) is 18.2 Å². The standard InChI is InChI=1S/C11H17N3O2/c1-3-6-13-11(15)14-8-4-5-9(12)10(7-8)16-2/h4-5,7H,3,6,12H2,1-2H3,(H2,13,14,15). The molecule has 1 aromatic rings.